The summed E-state index contributed by atoms with van der Waals surface area (Å²) in [7, 11) is 3.00. The lowest BCUT2D eigenvalue weighted by atomic mass is 9.89. The number of carbonyl (C=O) groups is 2. The zero-order chi connectivity index (χ0) is 17.0. The molecule has 1 aliphatic heterocycles. The number of amides is 2. The molecule has 0 spiro atoms. The van der Waals surface area contributed by atoms with Crippen LogP contribution < -0.4 is 10.1 Å². The number of aliphatic hydroxyl groups is 1. The highest BCUT2D eigenvalue weighted by Crippen LogP contribution is 2.27. The molecule has 1 aromatic heterocycles. The molecule has 1 aliphatic rings. The van der Waals surface area contributed by atoms with Gasteiger partial charge in [0.2, 0.25) is 11.8 Å². The first-order valence-electron chi connectivity index (χ1n) is 7.62. The lowest BCUT2D eigenvalue weighted by Gasteiger charge is -2.38. The number of ether oxygens (including phenoxy) is 1. The number of hydrogen-bond acceptors (Lipinski definition) is 5. The third kappa shape index (κ3) is 3.98. The summed E-state index contributed by atoms with van der Waals surface area (Å²) >= 11 is 0. The van der Waals surface area contributed by atoms with Crippen molar-refractivity contribution in [2.24, 2.45) is 0 Å². The Morgan fingerprint density at radius 2 is 2.22 bits per heavy atom. The normalized spacial score (nSPS) is 21.0. The van der Waals surface area contributed by atoms with E-state index in [1.54, 1.807) is 17.0 Å². The Labute approximate surface area is 135 Å². The molecule has 0 aromatic carbocycles. The molecule has 126 valence electrons. The zero-order valence-electron chi connectivity index (χ0n) is 13.8. The fourth-order valence-electron chi connectivity index (χ4n) is 2.84. The van der Waals surface area contributed by atoms with Crippen molar-refractivity contribution >= 4 is 11.8 Å². The summed E-state index contributed by atoms with van der Waals surface area (Å²) in [5.41, 5.74) is -0.0743. The van der Waals surface area contributed by atoms with Crippen molar-refractivity contribution < 1.29 is 19.4 Å². The largest absolute Gasteiger partial charge is 0.480 e. The number of methoxy groups -OCH3 is 1. The van der Waals surface area contributed by atoms with Gasteiger partial charge in [-0.15, -0.1) is 0 Å². The van der Waals surface area contributed by atoms with Gasteiger partial charge in [0.1, 0.15) is 5.56 Å². The quantitative estimate of drug-likeness (QED) is 0.843. The van der Waals surface area contributed by atoms with E-state index in [0.29, 0.717) is 24.9 Å². The van der Waals surface area contributed by atoms with E-state index in [2.05, 4.69) is 10.3 Å². The molecular weight excluding hydrogens is 298 g/mol. The summed E-state index contributed by atoms with van der Waals surface area (Å²) in [6.07, 6.45) is 1.12. The Hall–Kier alpha value is -2.15. The topological polar surface area (TPSA) is 91.8 Å². The van der Waals surface area contributed by atoms with Crippen LogP contribution in [0.3, 0.4) is 0 Å². The highest BCUT2D eigenvalue weighted by molar-refractivity contribution is 5.96. The Morgan fingerprint density at radius 1 is 1.48 bits per heavy atom. The Bertz CT molecular complexity index is 605. The number of pyridine rings is 1. The SMILES string of the molecule is CNC(=O)CC1(O)CCCN(C(=O)c2ccc(C)nc2OC)C1. The Balaban J connectivity index is 2.18. The molecule has 0 saturated carbocycles. The molecule has 0 aliphatic carbocycles. The molecule has 1 aromatic rings. The van der Waals surface area contributed by atoms with E-state index in [1.807, 2.05) is 6.92 Å². The van der Waals surface area contributed by atoms with Gasteiger partial charge >= 0.3 is 0 Å². The van der Waals surface area contributed by atoms with Gasteiger partial charge in [-0.1, -0.05) is 0 Å². The molecule has 2 amide bonds. The predicted molar refractivity (Wildman–Crippen MR) is 84.3 cm³/mol. The second-order valence-electron chi connectivity index (χ2n) is 5.91. The van der Waals surface area contributed by atoms with E-state index in [0.717, 1.165) is 5.69 Å². The van der Waals surface area contributed by atoms with Crippen molar-refractivity contribution in [1.29, 1.82) is 0 Å². The van der Waals surface area contributed by atoms with E-state index in [4.69, 9.17) is 4.74 Å². The number of likely N-dealkylation sites (tertiary alicyclic amines) is 1. The molecule has 23 heavy (non-hydrogen) atoms. The van der Waals surface area contributed by atoms with Gasteiger partial charge in [0, 0.05) is 19.3 Å². The van der Waals surface area contributed by atoms with E-state index in [9.17, 15) is 14.7 Å². The van der Waals surface area contributed by atoms with Gasteiger partial charge < -0.3 is 20.1 Å². The first-order chi connectivity index (χ1) is 10.9. The summed E-state index contributed by atoms with van der Waals surface area (Å²) in [5, 5.41) is 13.1. The second kappa shape index (κ2) is 6.95. The summed E-state index contributed by atoms with van der Waals surface area (Å²) in [5.74, 6) is -0.212. The molecule has 2 N–H and O–H groups in total. The maximum atomic E-state index is 12.7. The van der Waals surface area contributed by atoms with Gasteiger partial charge in [0.25, 0.3) is 5.91 Å². The molecule has 2 rings (SSSR count). The maximum absolute atomic E-state index is 12.7. The van der Waals surface area contributed by atoms with Gasteiger partial charge in [0.05, 0.1) is 25.7 Å². The molecule has 1 fully saturated rings. The summed E-state index contributed by atoms with van der Waals surface area (Å²) in [6.45, 7) is 2.47. The van der Waals surface area contributed by atoms with Gasteiger partial charge in [-0.2, -0.15) is 0 Å². The summed E-state index contributed by atoms with van der Waals surface area (Å²) in [4.78, 5) is 30.1. The van der Waals surface area contributed by atoms with Crippen LogP contribution >= 0.6 is 0 Å². The van der Waals surface area contributed by atoms with Gasteiger partial charge in [-0.25, -0.2) is 4.98 Å². The van der Waals surface area contributed by atoms with Crippen LogP contribution in [-0.2, 0) is 4.79 Å². The molecule has 0 radical (unpaired) electrons. The first kappa shape index (κ1) is 17.2. The first-order valence-corrected chi connectivity index (χ1v) is 7.62. The zero-order valence-corrected chi connectivity index (χ0v) is 13.8. The van der Waals surface area contributed by atoms with Crippen molar-refractivity contribution in [3.8, 4) is 5.88 Å². The smallest absolute Gasteiger partial charge is 0.259 e. The highest BCUT2D eigenvalue weighted by atomic mass is 16.5. The highest BCUT2D eigenvalue weighted by Gasteiger charge is 2.37. The monoisotopic (exact) mass is 321 g/mol. The summed E-state index contributed by atoms with van der Waals surface area (Å²) in [6, 6.07) is 3.42. The summed E-state index contributed by atoms with van der Waals surface area (Å²) < 4.78 is 5.19. The minimum absolute atomic E-state index is 0.0173. The minimum Gasteiger partial charge on any atom is -0.480 e. The van der Waals surface area contributed by atoms with Crippen LogP contribution in [0.4, 0.5) is 0 Å². The van der Waals surface area contributed by atoms with Crippen molar-refractivity contribution in [2.75, 3.05) is 27.2 Å². The number of carbonyl (C=O) groups excluding carboxylic acids is 2. The van der Waals surface area contributed by atoms with E-state index >= 15 is 0 Å². The third-order valence-electron chi connectivity index (χ3n) is 4.03. The Kier molecular flexibility index (Phi) is 5.20. The average Bonchev–Trinajstić information content (AvgIpc) is 2.53. The number of β-amino-alcohol motifs (C(OH)–C–C–N with tert-alkyl or cyclic N) is 1. The average molecular weight is 321 g/mol. The maximum Gasteiger partial charge on any atom is 0.259 e. The second-order valence-corrected chi connectivity index (χ2v) is 5.91. The number of nitrogens with zero attached hydrogens (tertiary/aromatic N) is 2. The molecule has 7 heteroatoms. The fourth-order valence-corrected chi connectivity index (χ4v) is 2.84. The van der Waals surface area contributed by atoms with Crippen molar-refractivity contribution in [3.05, 3.63) is 23.4 Å². The van der Waals surface area contributed by atoms with E-state index < -0.39 is 5.60 Å². The molecular formula is C16H23N3O4. The predicted octanol–water partition coefficient (Wildman–Crippen LogP) is 0.502. The molecule has 1 atom stereocenters. The van der Waals surface area contributed by atoms with Crippen LogP contribution in [0.25, 0.3) is 0 Å². The van der Waals surface area contributed by atoms with Crippen LogP contribution in [0.1, 0.15) is 35.3 Å². The molecule has 1 unspecified atom stereocenters. The third-order valence-corrected chi connectivity index (χ3v) is 4.03. The number of piperidine rings is 1. The van der Waals surface area contributed by atoms with Crippen molar-refractivity contribution in [2.45, 2.75) is 31.8 Å². The Morgan fingerprint density at radius 3 is 2.87 bits per heavy atom. The number of hydrogen-bond donors (Lipinski definition) is 2. The number of aryl methyl sites for hydroxylation is 1. The van der Waals surface area contributed by atoms with Gasteiger partial charge in [-0.05, 0) is 31.9 Å². The number of nitrogens with one attached hydrogen (secondary N) is 1. The standard InChI is InChI=1S/C16H23N3O4/c1-11-5-6-12(14(18-11)23-3)15(21)19-8-4-7-16(22,10-19)9-13(20)17-2/h5-6,22H,4,7-10H2,1-3H3,(H,17,20). The van der Waals surface area contributed by atoms with E-state index in [-0.39, 0.29) is 30.7 Å². The van der Waals surface area contributed by atoms with Crippen molar-refractivity contribution in [1.82, 2.24) is 15.2 Å². The van der Waals surface area contributed by atoms with Crippen LogP contribution in [0, 0.1) is 6.92 Å². The van der Waals surface area contributed by atoms with Gasteiger partial charge in [-0.3, -0.25) is 9.59 Å². The molecule has 0 bridgehead atoms. The fraction of sp³-hybridized carbons (Fsp3) is 0.562. The molecule has 2 heterocycles. The van der Waals surface area contributed by atoms with Crippen LogP contribution in [-0.4, -0.2) is 59.7 Å². The van der Waals surface area contributed by atoms with Crippen LogP contribution in [0.15, 0.2) is 12.1 Å². The minimum atomic E-state index is -1.20. The lowest BCUT2D eigenvalue weighted by Crippen LogP contribution is -2.52. The van der Waals surface area contributed by atoms with Crippen LogP contribution in [0.2, 0.25) is 0 Å². The van der Waals surface area contributed by atoms with Crippen LogP contribution in [0.5, 0.6) is 5.88 Å². The number of rotatable bonds is 4. The van der Waals surface area contributed by atoms with E-state index in [1.165, 1.54) is 14.2 Å². The lowest BCUT2D eigenvalue weighted by molar-refractivity contribution is -0.127. The molecule has 7 nitrogen and oxygen atoms in total. The van der Waals surface area contributed by atoms with Crippen molar-refractivity contribution in [3.63, 3.8) is 0 Å². The van der Waals surface area contributed by atoms with Gasteiger partial charge in [0.15, 0.2) is 0 Å². The number of aromatic nitrogens is 1. The molecule has 1 saturated heterocycles.